The number of aromatic nitrogens is 2. The van der Waals surface area contributed by atoms with Crippen LogP contribution >= 0.6 is 23.6 Å². The molecule has 84 valence electrons. The molecule has 1 rings (SSSR count). The Bertz CT molecular complexity index is 352. The number of alkyl halides is 3. The molecule has 0 amide bonds. The molecule has 0 radical (unpaired) electrons. The highest BCUT2D eigenvalue weighted by Crippen LogP contribution is 2.33. The third-order valence-electron chi connectivity index (χ3n) is 1.15. The molecule has 1 aromatic rings. The van der Waals surface area contributed by atoms with Crippen LogP contribution in [0.4, 0.5) is 13.2 Å². The molecule has 0 saturated carbocycles. The maximum atomic E-state index is 12.1. The highest BCUT2D eigenvalue weighted by atomic mass is 32.1. The van der Waals surface area contributed by atoms with Crippen LogP contribution in [0.3, 0.4) is 0 Å². The normalized spacial score (nSPS) is 11.2. The summed E-state index contributed by atoms with van der Waals surface area (Å²) in [4.78, 5) is 0. The Morgan fingerprint density at radius 3 is 2.67 bits per heavy atom. The first kappa shape index (κ1) is 12.1. The summed E-state index contributed by atoms with van der Waals surface area (Å²) in [5.74, 6) is 0. The van der Waals surface area contributed by atoms with Gasteiger partial charge in [-0.15, -0.1) is 5.10 Å². The van der Waals surface area contributed by atoms with E-state index in [1.54, 1.807) is 6.92 Å². The van der Waals surface area contributed by atoms with Gasteiger partial charge in [-0.3, -0.25) is 0 Å². The van der Waals surface area contributed by atoms with Crippen LogP contribution in [0, 0.1) is 0 Å². The minimum Gasteiger partial charge on any atom is -0.403 e. The second-order valence-corrected chi connectivity index (χ2v) is 3.60. The molecule has 0 spiro atoms. The smallest absolute Gasteiger partial charge is 0.403 e. The van der Waals surface area contributed by atoms with Crippen LogP contribution in [-0.4, -0.2) is 21.9 Å². The van der Waals surface area contributed by atoms with Crippen LogP contribution in [0.2, 0.25) is 0 Å². The summed E-state index contributed by atoms with van der Waals surface area (Å²) in [6.45, 7) is 2.29. The summed E-state index contributed by atoms with van der Waals surface area (Å²) in [6.07, 6.45) is -4.50. The third-order valence-corrected chi connectivity index (χ3v) is 2.22. The molecule has 0 aliphatic rings. The minimum absolute atomic E-state index is 0.0256. The van der Waals surface area contributed by atoms with Crippen molar-refractivity contribution >= 4 is 28.7 Å². The standard InChI is InChI=1S/C6H6F3N3OS2/c1-2-10-4(14)13-5-12-11-3(15-5)6(7,8)9/h2H2,1H3,(H,10,14). The summed E-state index contributed by atoms with van der Waals surface area (Å²) < 4.78 is 41.1. The fourth-order valence-electron chi connectivity index (χ4n) is 0.625. The second-order valence-electron chi connectivity index (χ2n) is 2.29. The van der Waals surface area contributed by atoms with Crippen molar-refractivity contribution in [2.45, 2.75) is 13.1 Å². The van der Waals surface area contributed by atoms with Gasteiger partial charge >= 0.3 is 11.4 Å². The van der Waals surface area contributed by atoms with Crippen molar-refractivity contribution in [1.82, 2.24) is 15.5 Å². The predicted molar refractivity (Wildman–Crippen MR) is 51.8 cm³/mol. The van der Waals surface area contributed by atoms with Gasteiger partial charge in [-0.1, -0.05) is 16.4 Å². The molecule has 0 unspecified atom stereocenters. The lowest BCUT2D eigenvalue weighted by molar-refractivity contribution is -0.138. The van der Waals surface area contributed by atoms with Crippen LogP contribution in [0.25, 0.3) is 0 Å². The molecule has 0 atom stereocenters. The Morgan fingerprint density at radius 2 is 2.20 bits per heavy atom. The number of halogens is 3. The zero-order chi connectivity index (χ0) is 11.5. The third kappa shape index (κ3) is 3.59. The van der Waals surface area contributed by atoms with E-state index in [9.17, 15) is 13.2 Å². The van der Waals surface area contributed by atoms with E-state index in [0.717, 1.165) is 0 Å². The zero-order valence-electron chi connectivity index (χ0n) is 7.46. The van der Waals surface area contributed by atoms with Crippen molar-refractivity contribution in [3.05, 3.63) is 5.01 Å². The molecule has 0 bridgehead atoms. The molecular weight excluding hydrogens is 251 g/mol. The van der Waals surface area contributed by atoms with Crippen LogP contribution in [-0.2, 0) is 6.18 Å². The predicted octanol–water partition coefficient (Wildman–Crippen LogP) is 1.83. The van der Waals surface area contributed by atoms with E-state index < -0.39 is 11.2 Å². The Hall–Kier alpha value is -0.960. The van der Waals surface area contributed by atoms with Crippen LogP contribution in [0.1, 0.15) is 11.9 Å². The van der Waals surface area contributed by atoms with Crippen molar-refractivity contribution in [2.24, 2.45) is 0 Å². The molecule has 0 fully saturated rings. The fraction of sp³-hybridized carbons (Fsp3) is 0.500. The maximum absolute atomic E-state index is 12.1. The SMILES string of the molecule is CCNC(=S)Oc1nnc(C(F)(F)F)s1. The van der Waals surface area contributed by atoms with Gasteiger partial charge in [0.2, 0.25) is 5.01 Å². The van der Waals surface area contributed by atoms with Crippen molar-refractivity contribution in [1.29, 1.82) is 0 Å². The number of nitrogens with one attached hydrogen (secondary N) is 1. The van der Waals surface area contributed by atoms with E-state index in [1.807, 2.05) is 0 Å². The average Bonchev–Trinajstić information content (AvgIpc) is 2.52. The van der Waals surface area contributed by atoms with Crippen molar-refractivity contribution in [3.8, 4) is 5.19 Å². The van der Waals surface area contributed by atoms with Gasteiger partial charge in [-0.2, -0.15) is 13.2 Å². The number of thiocarbonyl (C=S) groups is 1. The van der Waals surface area contributed by atoms with Crippen LogP contribution < -0.4 is 10.1 Å². The van der Waals surface area contributed by atoms with Gasteiger partial charge in [0.15, 0.2) is 0 Å². The minimum atomic E-state index is -4.50. The molecular formula is C6H6F3N3OS2. The lowest BCUT2D eigenvalue weighted by atomic mass is 10.7. The van der Waals surface area contributed by atoms with Gasteiger partial charge in [0.25, 0.3) is 5.17 Å². The summed E-state index contributed by atoms with van der Waals surface area (Å²) in [7, 11) is 0. The molecule has 15 heavy (non-hydrogen) atoms. The molecule has 4 nitrogen and oxygen atoms in total. The van der Waals surface area contributed by atoms with E-state index in [4.69, 9.17) is 4.74 Å². The van der Waals surface area contributed by atoms with Gasteiger partial charge in [0.05, 0.1) is 0 Å². The van der Waals surface area contributed by atoms with E-state index in [2.05, 4.69) is 27.7 Å². The van der Waals surface area contributed by atoms with Gasteiger partial charge in [0.1, 0.15) is 0 Å². The van der Waals surface area contributed by atoms with Crippen molar-refractivity contribution in [2.75, 3.05) is 6.54 Å². The first-order valence-corrected chi connectivity index (χ1v) is 5.02. The average molecular weight is 257 g/mol. The topological polar surface area (TPSA) is 47.0 Å². The Morgan fingerprint density at radius 1 is 1.53 bits per heavy atom. The molecule has 0 saturated heterocycles. The van der Waals surface area contributed by atoms with E-state index in [0.29, 0.717) is 17.9 Å². The van der Waals surface area contributed by atoms with E-state index in [-0.39, 0.29) is 10.4 Å². The number of ether oxygens (including phenoxy) is 1. The zero-order valence-corrected chi connectivity index (χ0v) is 9.09. The van der Waals surface area contributed by atoms with E-state index in [1.165, 1.54) is 0 Å². The maximum Gasteiger partial charge on any atom is 0.445 e. The molecule has 1 aromatic heterocycles. The lowest BCUT2D eigenvalue weighted by Gasteiger charge is -2.02. The molecule has 1 heterocycles. The van der Waals surface area contributed by atoms with Crippen LogP contribution in [0.5, 0.6) is 5.19 Å². The number of rotatable bonds is 2. The van der Waals surface area contributed by atoms with Crippen molar-refractivity contribution < 1.29 is 17.9 Å². The van der Waals surface area contributed by atoms with Crippen LogP contribution in [0.15, 0.2) is 0 Å². The van der Waals surface area contributed by atoms with Crippen molar-refractivity contribution in [3.63, 3.8) is 0 Å². The molecule has 0 aliphatic carbocycles. The van der Waals surface area contributed by atoms with Gasteiger partial charge in [0, 0.05) is 6.54 Å². The Labute approximate surface area is 92.5 Å². The first-order valence-electron chi connectivity index (χ1n) is 3.80. The monoisotopic (exact) mass is 257 g/mol. The van der Waals surface area contributed by atoms with Gasteiger partial charge in [-0.05, 0) is 19.1 Å². The quantitative estimate of drug-likeness (QED) is 0.819. The van der Waals surface area contributed by atoms with Gasteiger partial charge < -0.3 is 10.1 Å². The summed E-state index contributed by atoms with van der Waals surface area (Å²) in [5, 5.41) is 7.43. The number of hydrogen-bond donors (Lipinski definition) is 1. The number of hydrogen-bond acceptors (Lipinski definition) is 5. The molecule has 0 aliphatic heterocycles. The fourth-order valence-corrected chi connectivity index (χ4v) is 1.47. The Kier molecular flexibility index (Phi) is 3.80. The number of nitrogens with zero attached hydrogens (tertiary/aromatic N) is 2. The van der Waals surface area contributed by atoms with E-state index >= 15 is 0 Å². The molecule has 0 aromatic carbocycles. The highest BCUT2D eigenvalue weighted by Gasteiger charge is 2.36. The summed E-state index contributed by atoms with van der Waals surface area (Å²) >= 11 is 4.96. The molecule has 9 heteroatoms. The lowest BCUT2D eigenvalue weighted by Crippen LogP contribution is -2.25. The summed E-state index contributed by atoms with van der Waals surface area (Å²) in [6, 6.07) is 0. The summed E-state index contributed by atoms with van der Waals surface area (Å²) in [5.41, 5.74) is 0. The second kappa shape index (κ2) is 4.71. The van der Waals surface area contributed by atoms with Gasteiger partial charge in [-0.25, -0.2) is 0 Å². The highest BCUT2D eigenvalue weighted by molar-refractivity contribution is 7.80. The largest absolute Gasteiger partial charge is 0.445 e. The Balaban J connectivity index is 2.65. The molecule has 1 N–H and O–H groups in total. The first-order chi connectivity index (χ1) is 6.93.